The van der Waals surface area contributed by atoms with Crippen LogP contribution in [0.2, 0.25) is 0 Å². The molecule has 0 saturated carbocycles. The Labute approximate surface area is 125 Å². The van der Waals surface area contributed by atoms with E-state index in [0.29, 0.717) is 17.1 Å². The van der Waals surface area contributed by atoms with Gasteiger partial charge < -0.3 is 10.4 Å². The van der Waals surface area contributed by atoms with E-state index < -0.39 is 0 Å². The first-order valence-electron chi connectivity index (χ1n) is 6.36. The number of benzene rings is 1. The number of hydrogen-bond acceptors (Lipinski definition) is 3. The van der Waals surface area contributed by atoms with Gasteiger partial charge in [0.1, 0.15) is 5.75 Å². The van der Waals surface area contributed by atoms with Gasteiger partial charge in [-0.1, -0.05) is 18.2 Å². The van der Waals surface area contributed by atoms with Gasteiger partial charge in [0.15, 0.2) is 5.11 Å². The second kappa shape index (κ2) is 7.05. The molecule has 3 N–H and O–H groups in total. The molecule has 0 spiro atoms. The fourth-order valence-electron chi connectivity index (χ4n) is 1.56. The Bertz CT molecular complexity index is 518. The summed E-state index contributed by atoms with van der Waals surface area (Å²) in [6.45, 7) is 9.69. The number of hydrogen-bond donors (Lipinski definition) is 3. The summed E-state index contributed by atoms with van der Waals surface area (Å²) in [5, 5.41) is 17.6. The summed E-state index contributed by atoms with van der Waals surface area (Å²) >= 11 is 5.11. The summed E-state index contributed by atoms with van der Waals surface area (Å²) in [6, 6.07) is 5.51. The normalized spacial score (nSPS) is 11.3. The number of para-hydroxylation sites is 1. The number of allylic oxidation sites excluding steroid dienone is 1. The maximum Gasteiger partial charge on any atom is 0.187 e. The molecule has 0 unspecified atom stereocenters. The zero-order valence-electron chi connectivity index (χ0n) is 12.1. The fourth-order valence-corrected chi connectivity index (χ4v) is 1.92. The minimum Gasteiger partial charge on any atom is -0.507 e. The zero-order valence-corrected chi connectivity index (χ0v) is 12.9. The summed E-state index contributed by atoms with van der Waals surface area (Å²) in [5.41, 5.74) is 4.06. The third-order valence-corrected chi connectivity index (χ3v) is 2.57. The minimum absolute atomic E-state index is 0.119. The smallest absolute Gasteiger partial charge is 0.187 e. The summed E-state index contributed by atoms with van der Waals surface area (Å²) < 4.78 is 0. The Morgan fingerprint density at radius 1 is 1.45 bits per heavy atom. The molecule has 0 heterocycles. The van der Waals surface area contributed by atoms with Crippen LogP contribution in [0, 0.1) is 0 Å². The molecular weight excluding hydrogens is 270 g/mol. The number of nitrogens with one attached hydrogen (secondary N) is 2. The van der Waals surface area contributed by atoms with E-state index >= 15 is 0 Å². The molecule has 0 saturated heterocycles. The van der Waals surface area contributed by atoms with E-state index in [4.69, 9.17) is 12.2 Å². The monoisotopic (exact) mass is 291 g/mol. The molecule has 0 aromatic heterocycles. The lowest BCUT2D eigenvalue weighted by molar-refractivity contribution is 0.469. The Kier molecular flexibility index (Phi) is 5.70. The molecule has 1 aromatic rings. The molecule has 0 atom stereocenters. The van der Waals surface area contributed by atoms with Gasteiger partial charge in [0.05, 0.1) is 6.21 Å². The molecule has 0 amide bonds. The average Bonchev–Trinajstić information content (AvgIpc) is 2.32. The molecule has 0 aliphatic rings. The molecule has 0 aliphatic carbocycles. The highest BCUT2D eigenvalue weighted by Crippen LogP contribution is 2.21. The van der Waals surface area contributed by atoms with E-state index in [9.17, 15) is 5.11 Å². The molecule has 0 fully saturated rings. The highest BCUT2D eigenvalue weighted by atomic mass is 32.1. The van der Waals surface area contributed by atoms with Gasteiger partial charge in [0.2, 0.25) is 0 Å². The minimum atomic E-state index is -0.119. The van der Waals surface area contributed by atoms with Gasteiger partial charge in [-0.3, -0.25) is 5.43 Å². The molecule has 20 heavy (non-hydrogen) atoms. The number of thiocarbonyl (C=S) groups is 1. The summed E-state index contributed by atoms with van der Waals surface area (Å²) in [6.07, 6.45) is 3.90. The van der Waals surface area contributed by atoms with Crippen LogP contribution in [0.25, 0.3) is 0 Å². The fraction of sp³-hybridized carbons (Fsp3) is 0.333. The Balaban J connectivity index is 2.69. The number of nitrogens with zero attached hydrogens (tertiary/aromatic N) is 1. The van der Waals surface area contributed by atoms with Gasteiger partial charge in [-0.2, -0.15) is 5.10 Å². The maximum absolute atomic E-state index is 10.1. The van der Waals surface area contributed by atoms with Gasteiger partial charge in [-0.25, -0.2) is 0 Å². The van der Waals surface area contributed by atoms with Crippen LogP contribution in [-0.2, 0) is 6.42 Å². The second-order valence-electron chi connectivity index (χ2n) is 5.42. The quantitative estimate of drug-likeness (QED) is 0.345. The largest absolute Gasteiger partial charge is 0.507 e. The standard InChI is InChI=1S/C15H21N3OS/c1-5-7-11-8-6-9-12(13(11)19)10-16-18-14(20)17-15(2,3)4/h5-6,8-10,19H,1,7H2,2-4H3,(H2,17,18,20)/b16-10+. The molecule has 108 valence electrons. The molecule has 1 rings (SSSR count). The molecule has 0 aliphatic heterocycles. The lowest BCUT2D eigenvalue weighted by atomic mass is 10.1. The van der Waals surface area contributed by atoms with E-state index in [1.165, 1.54) is 0 Å². The number of phenolic OH excluding ortho intramolecular Hbond substituents is 1. The predicted molar refractivity (Wildman–Crippen MR) is 88.2 cm³/mol. The van der Waals surface area contributed by atoms with Crippen molar-refractivity contribution >= 4 is 23.5 Å². The third-order valence-electron chi connectivity index (χ3n) is 2.37. The van der Waals surface area contributed by atoms with Gasteiger partial charge >= 0.3 is 0 Å². The Hall–Kier alpha value is -1.88. The highest BCUT2D eigenvalue weighted by molar-refractivity contribution is 7.80. The molecule has 5 heteroatoms. The maximum atomic E-state index is 10.1. The lowest BCUT2D eigenvalue weighted by Crippen LogP contribution is -2.44. The van der Waals surface area contributed by atoms with E-state index in [1.807, 2.05) is 32.9 Å². The summed E-state index contributed by atoms with van der Waals surface area (Å²) in [4.78, 5) is 0. The van der Waals surface area contributed by atoms with Crippen LogP contribution >= 0.6 is 12.2 Å². The number of rotatable bonds is 4. The first-order valence-corrected chi connectivity index (χ1v) is 6.77. The molecule has 0 bridgehead atoms. The molecular formula is C15H21N3OS. The second-order valence-corrected chi connectivity index (χ2v) is 5.83. The lowest BCUT2D eigenvalue weighted by Gasteiger charge is -2.21. The van der Waals surface area contributed by atoms with E-state index in [-0.39, 0.29) is 11.3 Å². The van der Waals surface area contributed by atoms with Crippen molar-refractivity contribution in [3.8, 4) is 5.75 Å². The van der Waals surface area contributed by atoms with Crippen molar-refractivity contribution < 1.29 is 5.11 Å². The van der Waals surface area contributed by atoms with Crippen LogP contribution in [0.15, 0.2) is 36.0 Å². The van der Waals surface area contributed by atoms with Gasteiger partial charge in [0, 0.05) is 11.1 Å². The van der Waals surface area contributed by atoms with Crippen molar-refractivity contribution in [2.24, 2.45) is 5.10 Å². The van der Waals surface area contributed by atoms with Crippen molar-refractivity contribution in [2.75, 3.05) is 0 Å². The molecule has 0 radical (unpaired) electrons. The summed E-state index contributed by atoms with van der Waals surface area (Å²) in [5.74, 6) is 0.215. The summed E-state index contributed by atoms with van der Waals surface area (Å²) in [7, 11) is 0. The topological polar surface area (TPSA) is 56.7 Å². The first-order chi connectivity index (χ1) is 9.33. The number of aromatic hydroxyl groups is 1. The Morgan fingerprint density at radius 2 is 2.15 bits per heavy atom. The number of hydrazone groups is 1. The van der Waals surface area contributed by atoms with Crippen LogP contribution in [0.4, 0.5) is 0 Å². The number of phenols is 1. The predicted octanol–water partition coefficient (Wildman–Crippen LogP) is 2.72. The Morgan fingerprint density at radius 3 is 2.75 bits per heavy atom. The van der Waals surface area contributed by atoms with E-state index in [2.05, 4.69) is 22.4 Å². The highest BCUT2D eigenvalue weighted by Gasteiger charge is 2.10. The van der Waals surface area contributed by atoms with Crippen molar-refractivity contribution in [2.45, 2.75) is 32.7 Å². The van der Waals surface area contributed by atoms with Crippen molar-refractivity contribution in [1.82, 2.24) is 10.7 Å². The van der Waals surface area contributed by atoms with Crippen LogP contribution in [0.1, 0.15) is 31.9 Å². The zero-order chi connectivity index (χ0) is 15.2. The van der Waals surface area contributed by atoms with E-state index in [0.717, 1.165) is 5.56 Å². The van der Waals surface area contributed by atoms with Crippen LogP contribution in [0.3, 0.4) is 0 Å². The van der Waals surface area contributed by atoms with Crippen molar-refractivity contribution in [3.63, 3.8) is 0 Å². The SMILES string of the molecule is C=CCc1cccc(/C=N/NC(=S)NC(C)(C)C)c1O. The van der Waals surface area contributed by atoms with Crippen molar-refractivity contribution in [1.29, 1.82) is 0 Å². The van der Waals surface area contributed by atoms with Crippen LogP contribution < -0.4 is 10.7 Å². The van der Waals surface area contributed by atoms with Crippen LogP contribution in [-0.4, -0.2) is 22.0 Å². The average molecular weight is 291 g/mol. The van der Waals surface area contributed by atoms with Gasteiger partial charge in [0.25, 0.3) is 0 Å². The van der Waals surface area contributed by atoms with E-state index in [1.54, 1.807) is 18.4 Å². The van der Waals surface area contributed by atoms with Gasteiger partial charge in [-0.15, -0.1) is 6.58 Å². The van der Waals surface area contributed by atoms with Crippen LogP contribution in [0.5, 0.6) is 5.75 Å². The van der Waals surface area contributed by atoms with Crippen molar-refractivity contribution in [3.05, 3.63) is 42.0 Å². The third kappa shape index (κ3) is 5.40. The molecule has 1 aromatic carbocycles. The molecule has 4 nitrogen and oxygen atoms in total. The van der Waals surface area contributed by atoms with Gasteiger partial charge in [-0.05, 0) is 51.0 Å². The first kappa shape index (κ1) is 16.2.